The Bertz CT molecular complexity index is 914. The van der Waals surface area contributed by atoms with Gasteiger partial charge >= 0.3 is 0 Å². The minimum atomic E-state index is 0.607. The molecule has 0 aromatic carbocycles. The summed E-state index contributed by atoms with van der Waals surface area (Å²) in [6.07, 6.45) is 10.3. The van der Waals surface area contributed by atoms with Crippen LogP contribution in [0, 0.1) is 11.8 Å². The van der Waals surface area contributed by atoms with Crippen LogP contribution >= 0.6 is 11.3 Å². The number of thiazole rings is 1. The third kappa shape index (κ3) is 5.40. The molecule has 1 fully saturated rings. The number of pyridine rings is 1. The first-order valence-electron chi connectivity index (χ1n) is 11.3. The Kier molecular flexibility index (Phi) is 7.51. The van der Waals surface area contributed by atoms with Crippen LogP contribution in [0.4, 0.5) is 10.9 Å². The molecule has 1 N–H and O–H groups in total. The van der Waals surface area contributed by atoms with Gasteiger partial charge in [-0.2, -0.15) is 0 Å². The minimum Gasteiger partial charge on any atom is -0.316 e. The summed E-state index contributed by atoms with van der Waals surface area (Å²) in [6, 6.07) is 2.18. The van der Waals surface area contributed by atoms with Crippen LogP contribution in [0.25, 0.3) is 11.1 Å². The number of hydrogen-bond donors (Lipinski definition) is 1. The fourth-order valence-electron chi connectivity index (χ4n) is 4.16. The van der Waals surface area contributed by atoms with Crippen LogP contribution < -0.4 is 5.32 Å². The summed E-state index contributed by atoms with van der Waals surface area (Å²) >= 11 is 1.81. The van der Waals surface area contributed by atoms with Gasteiger partial charge in [-0.25, -0.2) is 9.97 Å². The van der Waals surface area contributed by atoms with Crippen molar-refractivity contribution in [3.63, 3.8) is 0 Å². The SMILES string of the molecule is C=C(C)c1cc(/C(C)=C/C)cnc1Nc1nc(C2CCC(C)CC2)c(CC(C)C)s1. The molecule has 2 aromatic rings. The van der Waals surface area contributed by atoms with Crippen molar-refractivity contribution in [3.05, 3.63) is 46.6 Å². The number of aromatic nitrogens is 2. The van der Waals surface area contributed by atoms with Crippen molar-refractivity contribution in [2.45, 2.75) is 79.6 Å². The molecule has 1 aliphatic carbocycles. The maximum atomic E-state index is 5.11. The predicted molar refractivity (Wildman–Crippen MR) is 133 cm³/mol. The zero-order valence-corrected chi connectivity index (χ0v) is 20.3. The lowest BCUT2D eigenvalue weighted by Crippen LogP contribution is -2.13. The van der Waals surface area contributed by atoms with Crippen LogP contribution in [0.1, 0.15) is 94.8 Å². The summed E-state index contributed by atoms with van der Waals surface area (Å²) in [5.74, 6) is 2.94. The van der Waals surface area contributed by atoms with E-state index >= 15 is 0 Å². The number of hydrogen-bond acceptors (Lipinski definition) is 4. The van der Waals surface area contributed by atoms with Gasteiger partial charge in [-0.15, -0.1) is 11.3 Å². The summed E-state index contributed by atoms with van der Waals surface area (Å²) in [5, 5.41) is 4.50. The number of nitrogens with zero attached hydrogens (tertiary/aromatic N) is 2. The molecule has 0 amide bonds. The topological polar surface area (TPSA) is 37.8 Å². The molecule has 2 aromatic heterocycles. The van der Waals surface area contributed by atoms with Crippen molar-refractivity contribution >= 4 is 33.4 Å². The molecular weight excluding hydrogens is 386 g/mol. The highest BCUT2D eigenvalue weighted by Gasteiger charge is 2.26. The lowest BCUT2D eigenvalue weighted by molar-refractivity contribution is 0.343. The Hall–Kier alpha value is -1.94. The van der Waals surface area contributed by atoms with E-state index in [1.165, 1.54) is 41.8 Å². The van der Waals surface area contributed by atoms with Crippen LogP contribution in [0.15, 0.2) is 24.9 Å². The summed E-state index contributed by atoms with van der Waals surface area (Å²) < 4.78 is 0. The van der Waals surface area contributed by atoms with E-state index in [0.29, 0.717) is 11.8 Å². The summed E-state index contributed by atoms with van der Waals surface area (Å²) in [4.78, 5) is 11.3. The second-order valence-corrected chi connectivity index (χ2v) is 10.5. The van der Waals surface area contributed by atoms with E-state index in [2.05, 4.69) is 58.7 Å². The molecule has 30 heavy (non-hydrogen) atoms. The highest BCUT2D eigenvalue weighted by molar-refractivity contribution is 7.15. The average Bonchev–Trinajstić information content (AvgIpc) is 3.09. The molecule has 162 valence electrons. The fourth-order valence-corrected chi connectivity index (χ4v) is 5.42. The Morgan fingerprint density at radius 2 is 1.97 bits per heavy atom. The van der Waals surface area contributed by atoms with E-state index in [1.54, 1.807) is 0 Å². The van der Waals surface area contributed by atoms with Gasteiger partial charge in [0.15, 0.2) is 5.13 Å². The van der Waals surface area contributed by atoms with Gasteiger partial charge in [-0.3, -0.25) is 0 Å². The van der Waals surface area contributed by atoms with E-state index in [0.717, 1.165) is 40.0 Å². The summed E-state index contributed by atoms with van der Waals surface area (Å²) in [6.45, 7) is 17.4. The quantitative estimate of drug-likeness (QED) is 0.487. The predicted octanol–water partition coefficient (Wildman–Crippen LogP) is 8.23. The molecule has 0 aliphatic heterocycles. The first-order chi connectivity index (χ1) is 14.3. The standard InChI is InChI=1S/C26H37N3S/c1-8-19(7)21-14-22(17(4)5)25(27-15-21)29-26-28-24(23(30-26)13-16(2)3)20-11-9-18(6)10-12-20/h8,14-16,18,20H,4,9-13H2,1-3,5-7H3,(H,27,28,29)/b19-8+. The molecule has 1 aliphatic rings. The summed E-state index contributed by atoms with van der Waals surface area (Å²) in [5.41, 5.74) is 5.76. The minimum absolute atomic E-state index is 0.607. The highest BCUT2D eigenvalue weighted by Crippen LogP contribution is 2.40. The van der Waals surface area contributed by atoms with Crippen molar-refractivity contribution in [3.8, 4) is 0 Å². The van der Waals surface area contributed by atoms with Gasteiger partial charge in [0.25, 0.3) is 0 Å². The van der Waals surface area contributed by atoms with Crippen LogP contribution in [-0.2, 0) is 6.42 Å². The van der Waals surface area contributed by atoms with Crippen LogP contribution in [0.2, 0.25) is 0 Å². The molecule has 4 heteroatoms. The first kappa shape index (κ1) is 22.7. The third-order valence-corrected chi connectivity index (χ3v) is 7.19. The molecule has 0 radical (unpaired) electrons. The zero-order chi connectivity index (χ0) is 21.8. The maximum absolute atomic E-state index is 5.11. The van der Waals surface area contributed by atoms with E-state index in [1.807, 2.05) is 24.5 Å². The van der Waals surface area contributed by atoms with Gasteiger partial charge in [0.1, 0.15) is 5.82 Å². The van der Waals surface area contributed by atoms with E-state index in [-0.39, 0.29) is 0 Å². The largest absolute Gasteiger partial charge is 0.316 e. The van der Waals surface area contributed by atoms with Crippen molar-refractivity contribution in [1.29, 1.82) is 0 Å². The smallest absolute Gasteiger partial charge is 0.188 e. The normalized spacial score (nSPS) is 19.9. The molecule has 3 rings (SSSR count). The number of nitrogens with one attached hydrogen (secondary N) is 1. The van der Waals surface area contributed by atoms with Gasteiger partial charge in [0.05, 0.1) is 5.69 Å². The monoisotopic (exact) mass is 423 g/mol. The first-order valence-corrected chi connectivity index (χ1v) is 12.2. The number of allylic oxidation sites excluding steroid dienone is 3. The molecular formula is C26H37N3S. The van der Waals surface area contributed by atoms with Crippen LogP contribution in [0.5, 0.6) is 0 Å². The second kappa shape index (κ2) is 9.91. The van der Waals surface area contributed by atoms with E-state index in [9.17, 15) is 0 Å². The molecule has 0 atom stereocenters. The molecule has 0 unspecified atom stereocenters. The zero-order valence-electron chi connectivity index (χ0n) is 19.5. The third-order valence-electron chi connectivity index (χ3n) is 6.18. The molecule has 0 spiro atoms. The molecule has 0 saturated heterocycles. The lowest BCUT2D eigenvalue weighted by atomic mass is 9.81. The maximum Gasteiger partial charge on any atom is 0.188 e. The van der Waals surface area contributed by atoms with Gasteiger partial charge in [0, 0.05) is 22.6 Å². The van der Waals surface area contributed by atoms with Crippen molar-refractivity contribution in [2.75, 3.05) is 5.32 Å². The van der Waals surface area contributed by atoms with Crippen molar-refractivity contribution in [2.24, 2.45) is 11.8 Å². The molecule has 0 bridgehead atoms. The Morgan fingerprint density at radius 3 is 2.57 bits per heavy atom. The Balaban J connectivity index is 1.92. The van der Waals surface area contributed by atoms with Crippen LogP contribution in [0.3, 0.4) is 0 Å². The number of anilines is 2. The van der Waals surface area contributed by atoms with Gasteiger partial charge < -0.3 is 5.32 Å². The molecule has 1 saturated carbocycles. The van der Waals surface area contributed by atoms with Gasteiger partial charge in [-0.1, -0.05) is 46.3 Å². The molecule has 2 heterocycles. The van der Waals surface area contributed by atoms with Crippen molar-refractivity contribution in [1.82, 2.24) is 9.97 Å². The summed E-state index contributed by atoms with van der Waals surface area (Å²) in [7, 11) is 0. The average molecular weight is 424 g/mol. The van der Waals surface area contributed by atoms with Crippen molar-refractivity contribution < 1.29 is 0 Å². The van der Waals surface area contributed by atoms with E-state index < -0.39 is 0 Å². The van der Waals surface area contributed by atoms with Gasteiger partial charge in [-0.05, 0) is 74.6 Å². The molecule has 3 nitrogen and oxygen atoms in total. The van der Waals surface area contributed by atoms with Gasteiger partial charge in [0.2, 0.25) is 0 Å². The Labute approximate surface area is 186 Å². The fraction of sp³-hybridized carbons (Fsp3) is 0.538. The second-order valence-electron chi connectivity index (χ2n) is 9.38. The number of rotatable bonds is 7. The highest BCUT2D eigenvalue weighted by atomic mass is 32.1. The van der Waals surface area contributed by atoms with E-state index in [4.69, 9.17) is 9.97 Å². The lowest BCUT2D eigenvalue weighted by Gasteiger charge is -2.25. The Morgan fingerprint density at radius 1 is 1.27 bits per heavy atom. The van der Waals surface area contributed by atoms with Crippen LogP contribution in [-0.4, -0.2) is 9.97 Å².